The molecule has 2 rings (SSSR count). The van der Waals surface area contributed by atoms with E-state index in [1.807, 2.05) is 37.3 Å². The van der Waals surface area contributed by atoms with E-state index >= 15 is 0 Å². The van der Waals surface area contributed by atoms with Gasteiger partial charge in [0, 0.05) is 6.54 Å². The van der Waals surface area contributed by atoms with Gasteiger partial charge in [-0.05, 0) is 18.6 Å². The van der Waals surface area contributed by atoms with Crippen LogP contribution in [0.1, 0.15) is 13.3 Å². The van der Waals surface area contributed by atoms with Gasteiger partial charge in [0.1, 0.15) is 0 Å². The summed E-state index contributed by atoms with van der Waals surface area (Å²) in [6, 6.07) is 9.55. The molecule has 1 aliphatic heterocycles. The van der Waals surface area contributed by atoms with Gasteiger partial charge in [-0.15, -0.1) is 0 Å². The van der Waals surface area contributed by atoms with Gasteiger partial charge in [0.25, 0.3) is 0 Å². The minimum absolute atomic E-state index is 0.145. The van der Waals surface area contributed by atoms with Crippen molar-refractivity contribution in [1.29, 1.82) is 0 Å². The first-order chi connectivity index (χ1) is 6.83. The van der Waals surface area contributed by atoms with Crippen LogP contribution in [0.3, 0.4) is 0 Å². The Labute approximate surface area is 82.4 Å². The Balaban J connectivity index is 2.65. The molecule has 0 N–H and O–H groups in total. The summed E-state index contributed by atoms with van der Waals surface area (Å²) in [6.45, 7) is 2.79. The van der Waals surface area contributed by atoms with Gasteiger partial charge in [0.15, 0.2) is 0 Å². The van der Waals surface area contributed by atoms with E-state index in [1.165, 1.54) is 0 Å². The first-order valence-electron chi connectivity index (χ1n) is 4.78. The zero-order valence-corrected chi connectivity index (χ0v) is 8.10. The number of imidazole rings is 1. The molecule has 0 aromatic heterocycles. The van der Waals surface area contributed by atoms with Crippen molar-refractivity contribution in [2.24, 2.45) is 0 Å². The molecule has 0 amide bonds. The fourth-order valence-electron chi connectivity index (χ4n) is 1.56. The van der Waals surface area contributed by atoms with Crippen molar-refractivity contribution in [3.63, 3.8) is 0 Å². The molecule has 0 bridgehead atoms. The van der Waals surface area contributed by atoms with E-state index in [1.54, 1.807) is 4.57 Å². The van der Waals surface area contributed by atoms with Gasteiger partial charge in [0.2, 0.25) is 0 Å². The number of hydrogen-bond acceptors (Lipinski definition) is 2. The van der Waals surface area contributed by atoms with Crippen molar-refractivity contribution in [2.45, 2.75) is 19.9 Å². The molecule has 2 aliphatic rings. The third-order valence-corrected chi connectivity index (χ3v) is 2.18. The third-order valence-electron chi connectivity index (χ3n) is 2.18. The lowest BCUT2D eigenvalue weighted by Gasteiger charge is -2.00. The van der Waals surface area contributed by atoms with E-state index < -0.39 is 0 Å². The summed E-state index contributed by atoms with van der Waals surface area (Å²) in [7, 11) is 0. The molecule has 0 unspecified atom stereocenters. The minimum atomic E-state index is -0.145. The van der Waals surface area contributed by atoms with Gasteiger partial charge in [-0.2, -0.15) is 4.98 Å². The van der Waals surface area contributed by atoms with Gasteiger partial charge in [-0.25, -0.2) is 4.79 Å². The summed E-state index contributed by atoms with van der Waals surface area (Å²) >= 11 is 0. The molecule has 0 spiro atoms. The highest BCUT2D eigenvalue weighted by Gasteiger charge is 2.10. The summed E-state index contributed by atoms with van der Waals surface area (Å²) in [5, 5.41) is 0. The van der Waals surface area contributed by atoms with Crippen molar-refractivity contribution in [2.75, 3.05) is 0 Å². The average molecular weight is 188 g/mol. The van der Waals surface area contributed by atoms with Crippen molar-refractivity contribution < 1.29 is 0 Å². The summed E-state index contributed by atoms with van der Waals surface area (Å²) < 4.78 is 1.72. The lowest BCUT2D eigenvalue weighted by Crippen LogP contribution is -2.16. The van der Waals surface area contributed by atoms with Crippen molar-refractivity contribution in [3.05, 3.63) is 40.8 Å². The van der Waals surface area contributed by atoms with Crippen LogP contribution >= 0.6 is 0 Å². The van der Waals surface area contributed by atoms with Crippen LogP contribution in [0.2, 0.25) is 0 Å². The zero-order chi connectivity index (χ0) is 9.97. The Kier molecular flexibility index (Phi) is 2.31. The molecule has 0 aromatic carbocycles. The van der Waals surface area contributed by atoms with Crippen LogP contribution < -0.4 is 5.69 Å². The number of aromatic nitrogens is 2. The number of rotatable bonds is 2. The van der Waals surface area contributed by atoms with E-state index in [0.29, 0.717) is 0 Å². The van der Waals surface area contributed by atoms with Gasteiger partial charge in [-0.1, -0.05) is 25.1 Å². The summed E-state index contributed by atoms with van der Waals surface area (Å²) in [5.41, 5.74) is 1.54. The quantitative estimate of drug-likeness (QED) is 0.719. The predicted molar refractivity (Wildman–Crippen MR) is 55.4 cm³/mol. The van der Waals surface area contributed by atoms with Crippen LogP contribution in [0.4, 0.5) is 0 Å². The van der Waals surface area contributed by atoms with Crippen LogP contribution in [0.25, 0.3) is 11.4 Å². The van der Waals surface area contributed by atoms with Crippen molar-refractivity contribution in [1.82, 2.24) is 9.55 Å². The van der Waals surface area contributed by atoms with Gasteiger partial charge in [0.05, 0.1) is 11.4 Å². The molecule has 0 radical (unpaired) electrons. The Bertz CT molecular complexity index is 461. The average Bonchev–Trinajstić information content (AvgIpc) is 2.39. The fourth-order valence-corrected chi connectivity index (χ4v) is 1.56. The lowest BCUT2D eigenvalue weighted by atomic mass is 10.3. The Morgan fingerprint density at radius 2 is 2.07 bits per heavy atom. The molecule has 3 nitrogen and oxygen atoms in total. The summed E-state index contributed by atoms with van der Waals surface area (Å²) in [4.78, 5) is 15.5. The van der Waals surface area contributed by atoms with E-state index in [0.717, 1.165) is 24.4 Å². The van der Waals surface area contributed by atoms with E-state index in [9.17, 15) is 4.79 Å². The maximum absolute atomic E-state index is 11.5. The van der Waals surface area contributed by atoms with Crippen LogP contribution in [0.15, 0.2) is 35.1 Å². The predicted octanol–water partition coefficient (Wildman–Crippen LogP) is 1.76. The lowest BCUT2D eigenvalue weighted by molar-refractivity contribution is 0.664. The fraction of sp³-hybridized carbons (Fsp3) is 0.273. The second-order valence-corrected chi connectivity index (χ2v) is 3.23. The Morgan fingerprint density at radius 1 is 1.29 bits per heavy atom. The number of fused-ring (bicyclic) bond motifs is 1. The number of hydrogen-bond donors (Lipinski definition) is 0. The summed E-state index contributed by atoms with van der Waals surface area (Å²) in [5.74, 6) is 0. The second kappa shape index (κ2) is 3.62. The Hall–Kier alpha value is -1.64. The third kappa shape index (κ3) is 1.41. The smallest absolute Gasteiger partial charge is 0.290 e. The van der Waals surface area contributed by atoms with Crippen molar-refractivity contribution >= 4 is 0 Å². The van der Waals surface area contributed by atoms with Gasteiger partial charge < -0.3 is 0 Å². The maximum atomic E-state index is 11.5. The first kappa shape index (κ1) is 8.94. The van der Waals surface area contributed by atoms with Crippen LogP contribution in [-0.2, 0) is 6.54 Å². The molecule has 1 heterocycles. The zero-order valence-electron chi connectivity index (χ0n) is 8.10. The summed E-state index contributed by atoms with van der Waals surface area (Å²) in [6.07, 6.45) is 0.944. The molecule has 0 saturated heterocycles. The molecule has 1 aliphatic carbocycles. The highest BCUT2D eigenvalue weighted by Crippen LogP contribution is 2.15. The maximum Gasteiger partial charge on any atom is 0.348 e. The minimum Gasteiger partial charge on any atom is -0.290 e. The van der Waals surface area contributed by atoms with Crippen LogP contribution in [-0.4, -0.2) is 9.55 Å². The van der Waals surface area contributed by atoms with Crippen LogP contribution in [0, 0.1) is 0 Å². The first-order valence-corrected chi connectivity index (χ1v) is 4.78. The SMILES string of the molecule is CCCn1c2cccccc-2nc1=O. The molecule has 72 valence electrons. The molecule has 0 fully saturated rings. The topological polar surface area (TPSA) is 34.9 Å². The van der Waals surface area contributed by atoms with Gasteiger partial charge >= 0.3 is 5.69 Å². The van der Waals surface area contributed by atoms with Crippen molar-refractivity contribution in [3.8, 4) is 11.4 Å². The normalized spacial score (nSPS) is 10.6. The second-order valence-electron chi connectivity index (χ2n) is 3.23. The van der Waals surface area contributed by atoms with E-state index in [4.69, 9.17) is 0 Å². The monoisotopic (exact) mass is 188 g/mol. The molecule has 0 aromatic rings. The van der Waals surface area contributed by atoms with E-state index in [-0.39, 0.29) is 5.69 Å². The highest BCUT2D eigenvalue weighted by atomic mass is 16.1. The molecule has 0 atom stereocenters. The van der Waals surface area contributed by atoms with Gasteiger partial charge in [-0.3, -0.25) is 4.57 Å². The van der Waals surface area contributed by atoms with E-state index in [2.05, 4.69) is 4.98 Å². The molecule has 14 heavy (non-hydrogen) atoms. The molecular formula is C11H12N2O. The molecular weight excluding hydrogens is 176 g/mol. The largest absolute Gasteiger partial charge is 0.348 e. The standard InChI is InChI=1S/C11H12N2O/c1-2-8-13-10-7-5-3-4-6-9(10)12-11(13)14/h3-7H,2,8H2,1H3. The molecule has 0 saturated carbocycles. The highest BCUT2D eigenvalue weighted by molar-refractivity contribution is 5.55. The Morgan fingerprint density at radius 3 is 2.86 bits per heavy atom. The van der Waals surface area contributed by atoms with Crippen LogP contribution in [0.5, 0.6) is 0 Å². The molecule has 3 heteroatoms. The number of nitrogens with zero attached hydrogens (tertiary/aromatic N) is 2.